The van der Waals surface area contributed by atoms with Crippen LogP contribution in [0.1, 0.15) is 40.5 Å². The van der Waals surface area contributed by atoms with Crippen LogP contribution in [-0.4, -0.2) is 54.2 Å². The molecule has 0 aromatic heterocycles. The Labute approximate surface area is 121 Å². The van der Waals surface area contributed by atoms with Gasteiger partial charge < -0.3 is 20.6 Å². The van der Waals surface area contributed by atoms with Crippen LogP contribution in [0.5, 0.6) is 0 Å². The van der Waals surface area contributed by atoms with E-state index in [1.807, 2.05) is 39.8 Å². The number of aliphatic carboxylic acids is 1. The van der Waals surface area contributed by atoms with Gasteiger partial charge in [-0.25, -0.2) is 9.59 Å². The molecular weight excluding hydrogens is 258 g/mol. The lowest BCUT2D eigenvalue weighted by Gasteiger charge is -2.30. The molecule has 6 nitrogen and oxygen atoms in total. The molecule has 0 fully saturated rings. The zero-order chi connectivity index (χ0) is 15.9. The van der Waals surface area contributed by atoms with Gasteiger partial charge in [0.1, 0.15) is 5.54 Å². The Hall–Kier alpha value is -1.30. The van der Waals surface area contributed by atoms with Gasteiger partial charge in [0.15, 0.2) is 0 Å². The van der Waals surface area contributed by atoms with Crippen molar-refractivity contribution in [2.75, 3.05) is 20.6 Å². The number of likely N-dealkylation sites (N-methyl/N-ethyl adjacent to an activating group) is 1. The number of amides is 2. The van der Waals surface area contributed by atoms with Crippen molar-refractivity contribution in [3.05, 3.63) is 0 Å². The van der Waals surface area contributed by atoms with Crippen molar-refractivity contribution in [1.29, 1.82) is 0 Å². The maximum atomic E-state index is 12.0. The lowest BCUT2D eigenvalue weighted by atomic mass is 9.96. The van der Waals surface area contributed by atoms with E-state index in [1.54, 1.807) is 0 Å². The first-order chi connectivity index (χ1) is 9.12. The highest BCUT2D eigenvalue weighted by molar-refractivity contribution is 5.85. The lowest BCUT2D eigenvalue weighted by Crippen LogP contribution is -2.58. The average Bonchev–Trinajstić information content (AvgIpc) is 2.27. The van der Waals surface area contributed by atoms with E-state index in [4.69, 9.17) is 0 Å². The fourth-order valence-corrected chi connectivity index (χ4v) is 1.99. The van der Waals surface area contributed by atoms with Crippen LogP contribution in [0.4, 0.5) is 4.79 Å². The van der Waals surface area contributed by atoms with Crippen LogP contribution in [0.15, 0.2) is 0 Å². The second kappa shape index (κ2) is 8.09. The molecule has 6 heteroatoms. The highest BCUT2D eigenvalue weighted by atomic mass is 16.4. The number of carboxylic acid groups (broad SMARTS) is 1. The van der Waals surface area contributed by atoms with Crippen molar-refractivity contribution in [2.45, 2.75) is 52.1 Å². The highest BCUT2D eigenvalue weighted by Gasteiger charge is 2.34. The number of carboxylic acids is 1. The van der Waals surface area contributed by atoms with Crippen molar-refractivity contribution in [3.8, 4) is 0 Å². The minimum Gasteiger partial charge on any atom is -0.480 e. The summed E-state index contributed by atoms with van der Waals surface area (Å²) in [6.07, 6.45) is 1.09. The molecule has 2 amide bonds. The molecule has 2 unspecified atom stereocenters. The van der Waals surface area contributed by atoms with Gasteiger partial charge in [-0.15, -0.1) is 0 Å². The van der Waals surface area contributed by atoms with Gasteiger partial charge >= 0.3 is 12.0 Å². The predicted octanol–water partition coefficient (Wildman–Crippen LogP) is 1.52. The Kier molecular flexibility index (Phi) is 7.57. The SMILES string of the molecule is CCCC(C)(NC(=O)NC(CN(C)C)C(C)C)C(=O)O. The number of carbonyl (C=O) groups is 2. The minimum atomic E-state index is -1.22. The summed E-state index contributed by atoms with van der Waals surface area (Å²) in [5, 5.41) is 14.7. The Balaban J connectivity index is 4.69. The summed E-state index contributed by atoms with van der Waals surface area (Å²) in [7, 11) is 3.88. The first-order valence-electron chi connectivity index (χ1n) is 7.09. The molecule has 0 saturated carbocycles. The highest BCUT2D eigenvalue weighted by Crippen LogP contribution is 2.12. The fourth-order valence-electron chi connectivity index (χ4n) is 1.99. The largest absolute Gasteiger partial charge is 0.480 e. The molecule has 0 aliphatic carbocycles. The van der Waals surface area contributed by atoms with Gasteiger partial charge in [-0.3, -0.25) is 0 Å². The Morgan fingerprint density at radius 1 is 1.30 bits per heavy atom. The van der Waals surface area contributed by atoms with E-state index in [0.717, 1.165) is 0 Å². The number of rotatable bonds is 8. The average molecular weight is 287 g/mol. The third kappa shape index (κ3) is 6.23. The fraction of sp³-hybridized carbons (Fsp3) is 0.857. The van der Waals surface area contributed by atoms with E-state index in [2.05, 4.69) is 10.6 Å². The van der Waals surface area contributed by atoms with Gasteiger partial charge in [0, 0.05) is 12.6 Å². The topological polar surface area (TPSA) is 81.7 Å². The van der Waals surface area contributed by atoms with Crippen LogP contribution in [-0.2, 0) is 4.79 Å². The summed E-state index contributed by atoms with van der Waals surface area (Å²) in [5.41, 5.74) is -1.22. The van der Waals surface area contributed by atoms with Gasteiger partial charge in [-0.05, 0) is 33.4 Å². The molecular formula is C14H29N3O3. The summed E-state index contributed by atoms with van der Waals surface area (Å²) in [6, 6.07) is -0.450. The number of hydrogen-bond donors (Lipinski definition) is 3. The monoisotopic (exact) mass is 287 g/mol. The molecule has 0 saturated heterocycles. The molecule has 0 rings (SSSR count). The zero-order valence-corrected chi connectivity index (χ0v) is 13.5. The molecule has 118 valence electrons. The number of nitrogens with one attached hydrogen (secondary N) is 2. The molecule has 0 aliphatic heterocycles. The maximum Gasteiger partial charge on any atom is 0.329 e. The van der Waals surface area contributed by atoms with Crippen LogP contribution in [0.3, 0.4) is 0 Å². The van der Waals surface area contributed by atoms with Crippen LogP contribution in [0.25, 0.3) is 0 Å². The number of carbonyl (C=O) groups excluding carboxylic acids is 1. The summed E-state index contributed by atoms with van der Waals surface area (Å²) in [4.78, 5) is 25.3. The van der Waals surface area contributed by atoms with E-state index in [9.17, 15) is 14.7 Å². The normalized spacial score (nSPS) is 15.8. The van der Waals surface area contributed by atoms with E-state index in [0.29, 0.717) is 19.4 Å². The van der Waals surface area contributed by atoms with Gasteiger partial charge in [0.05, 0.1) is 0 Å². The van der Waals surface area contributed by atoms with Crippen LogP contribution < -0.4 is 10.6 Å². The van der Waals surface area contributed by atoms with E-state index < -0.39 is 17.5 Å². The molecule has 0 aromatic rings. The van der Waals surface area contributed by atoms with Gasteiger partial charge in [-0.2, -0.15) is 0 Å². The van der Waals surface area contributed by atoms with Crippen LogP contribution in [0, 0.1) is 5.92 Å². The molecule has 2 atom stereocenters. The molecule has 0 spiro atoms. The Bertz CT molecular complexity index is 332. The number of urea groups is 1. The van der Waals surface area contributed by atoms with Crippen molar-refractivity contribution in [3.63, 3.8) is 0 Å². The molecule has 0 radical (unpaired) electrons. The van der Waals surface area contributed by atoms with Crippen molar-refractivity contribution in [2.24, 2.45) is 5.92 Å². The van der Waals surface area contributed by atoms with Gasteiger partial charge in [-0.1, -0.05) is 27.2 Å². The first-order valence-corrected chi connectivity index (χ1v) is 7.09. The summed E-state index contributed by atoms with van der Waals surface area (Å²) in [6.45, 7) is 8.19. The lowest BCUT2D eigenvalue weighted by molar-refractivity contribution is -0.144. The van der Waals surface area contributed by atoms with E-state index in [1.165, 1.54) is 6.92 Å². The molecule has 0 aromatic carbocycles. The third-order valence-corrected chi connectivity index (χ3v) is 3.29. The van der Waals surface area contributed by atoms with Crippen molar-refractivity contribution in [1.82, 2.24) is 15.5 Å². The molecule has 0 bridgehead atoms. The number of hydrogen-bond acceptors (Lipinski definition) is 3. The van der Waals surface area contributed by atoms with Crippen LogP contribution >= 0.6 is 0 Å². The number of nitrogens with zero attached hydrogens (tertiary/aromatic N) is 1. The Morgan fingerprint density at radius 2 is 1.85 bits per heavy atom. The van der Waals surface area contributed by atoms with Gasteiger partial charge in [0.2, 0.25) is 0 Å². The molecule has 0 aliphatic rings. The predicted molar refractivity (Wildman–Crippen MR) is 79.8 cm³/mol. The van der Waals surface area contributed by atoms with E-state index >= 15 is 0 Å². The standard InChI is InChI=1S/C14H29N3O3/c1-7-8-14(4,12(18)19)16-13(20)15-11(10(2)3)9-17(5)6/h10-11H,7-9H2,1-6H3,(H,18,19)(H2,15,16,20). The van der Waals surface area contributed by atoms with E-state index in [-0.39, 0.29) is 12.0 Å². The quantitative estimate of drug-likeness (QED) is 0.632. The molecule has 20 heavy (non-hydrogen) atoms. The smallest absolute Gasteiger partial charge is 0.329 e. The van der Waals surface area contributed by atoms with Crippen molar-refractivity contribution >= 4 is 12.0 Å². The third-order valence-electron chi connectivity index (χ3n) is 3.29. The van der Waals surface area contributed by atoms with Crippen LogP contribution in [0.2, 0.25) is 0 Å². The summed E-state index contributed by atoms with van der Waals surface area (Å²) >= 11 is 0. The van der Waals surface area contributed by atoms with Gasteiger partial charge in [0.25, 0.3) is 0 Å². The molecule has 0 heterocycles. The summed E-state index contributed by atoms with van der Waals surface area (Å²) in [5.74, 6) is -0.742. The molecule has 3 N–H and O–H groups in total. The zero-order valence-electron chi connectivity index (χ0n) is 13.5. The second-order valence-corrected chi connectivity index (χ2v) is 6.10. The maximum absolute atomic E-state index is 12.0. The Morgan fingerprint density at radius 3 is 2.20 bits per heavy atom. The second-order valence-electron chi connectivity index (χ2n) is 6.10. The first kappa shape index (κ1) is 18.7. The minimum absolute atomic E-state index is 0.0235. The van der Waals surface area contributed by atoms with Crippen molar-refractivity contribution < 1.29 is 14.7 Å². The summed E-state index contributed by atoms with van der Waals surface area (Å²) < 4.78 is 0.